The van der Waals surface area contributed by atoms with Gasteiger partial charge in [-0.1, -0.05) is 32.1 Å². The van der Waals surface area contributed by atoms with Crippen LogP contribution in [0.4, 0.5) is 0 Å². The third-order valence-electron chi connectivity index (χ3n) is 7.73. The van der Waals surface area contributed by atoms with Crippen molar-refractivity contribution in [1.29, 1.82) is 0 Å². The zero-order valence-corrected chi connectivity index (χ0v) is 15.4. The number of carboxylic acids is 1. The third kappa shape index (κ3) is 2.75. The van der Waals surface area contributed by atoms with Gasteiger partial charge in [-0.2, -0.15) is 0 Å². The maximum Gasteiger partial charge on any atom is 0.300 e. The summed E-state index contributed by atoms with van der Waals surface area (Å²) < 4.78 is 0. The summed E-state index contributed by atoms with van der Waals surface area (Å²) in [5, 5.41) is 7.42. The Hall–Kier alpha value is -1.09. The molecule has 4 aliphatic carbocycles. The molecule has 0 aliphatic heterocycles. The van der Waals surface area contributed by atoms with Crippen LogP contribution < -0.4 is 5.73 Å². The number of aliphatic carboxylic acids is 1. The first kappa shape index (κ1) is 17.7. The second kappa shape index (κ2) is 6.33. The molecule has 0 aromatic rings. The topological polar surface area (TPSA) is 63.3 Å². The van der Waals surface area contributed by atoms with Gasteiger partial charge in [0.25, 0.3) is 5.97 Å². The van der Waals surface area contributed by atoms with Crippen LogP contribution in [0.25, 0.3) is 0 Å². The van der Waals surface area contributed by atoms with Crippen LogP contribution in [-0.4, -0.2) is 17.1 Å². The maximum absolute atomic E-state index is 9.00. The number of allylic oxidation sites excluding steroid dienone is 4. The average Bonchev–Trinajstić information content (AvgIpc) is 2.82. The minimum Gasteiger partial charge on any atom is -0.481 e. The SMILES string of the molecule is CC(=O)O.C[C@]12CC[C@H]3[C@@H](CC=C4C=CCC[C@@]43C)[C@@H]1CC[C@@H]2N. The first-order valence-corrected chi connectivity index (χ1v) is 9.61. The molecule has 0 aromatic heterocycles. The molecule has 2 saturated carbocycles. The first-order chi connectivity index (χ1) is 11.3. The monoisotopic (exact) mass is 331 g/mol. The Bertz CT molecular complexity index is 562. The molecule has 6 atom stereocenters. The van der Waals surface area contributed by atoms with Gasteiger partial charge in [-0.25, -0.2) is 0 Å². The number of hydrogen-bond acceptors (Lipinski definition) is 2. The van der Waals surface area contributed by atoms with Gasteiger partial charge in [-0.05, 0) is 79.1 Å². The van der Waals surface area contributed by atoms with Crippen molar-refractivity contribution in [3.05, 3.63) is 23.8 Å². The number of rotatable bonds is 0. The number of carbonyl (C=O) groups is 1. The van der Waals surface area contributed by atoms with Gasteiger partial charge in [0.05, 0.1) is 0 Å². The van der Waals surface area contributed by atoms with Crippen LogP contribution in [0.5, 0.6) is 0 Å². The smallest absolute Gasteiger partial charge is 0.300 e. The van der Waals surface area contributed by atoms with Crippen molar-refractivity contribution >= 4 is 5.97 Å². The van der Waals surface area contributed by atoms with Crippen molar-refractivity contribution in [3.63, 3.8) is 0 Å². The van der Waals surface area contributed by atoms with E-state index in [-0.39, 0.29) is 0 Å². The summed E-state index contributed by atoms with van der Waals surface area (Å²) >= 11 is 0. The van der Waals surface area contributed by atoms with E-state index in [0.29, 0.717) is 16.9 Å². The molecule has 0 aromatic carbocycles. The highest BCUT2D eigenvalue weighted by atomic mass is 16.4. The molecule has 3 heteroatoms. The molecule has 0 saturated heterocycles. The van der Waals surface area contributed by atoms with E-state index in [4.69, 9.17) is 15.6 Å². The van der Waals surface area contributed by atoms with Crippen LogP contribution in [-0.2, 0) is 4.79 Å². The predicted molar refractivity (Wildman–Crippen MR) is 97.5 cm³/mol. The van der Waals surface area contributed by atoms with Gasteiger partial charge in [0.2, 0.25) is 0 Å². The van der Waals surface area contributed by atoms with Crippen LogP contribution in [0.2, 0.25) is 0 Å². The molecular weight excluding hydrogens is 298 g/mol. The second-order valence-corrected chi connectivity index (χ2v) is 8.88. The molecule has 0 heterocycles. The zero-order valence-electron chi connectivity index (χ0n) is 15.4. The van der Waals surface area contributed by atoms with E-state index in [1.807, 2.05) is 0 Å². The zero-order chi connectivity index (χ0) is 17.5. The quantitative estimate of drug-likeness (QED) is 0.685. The molecule has 4 aliphatic rings. The van der Waals surface area contributed by atoms with E-state index in [0.717, 1.165) is 24.7 Å². The minimum atomic E-state index is -0.833. The van der Waals surface area contributed by atoms with Crippen molar-refractivity contribution in [1.82, 2.24) is 0 Å². The molecule has 3 nitrogen and oxygen atoms in total. The van der Waals surface area contributed by atoms with Gasteiger partial charge in [-0.15, -0.1) is 0 Å². The lowest BCUT2D eigenvalue weighted by atomic mass is 9.48. The van der Waals surface area contributed by atoms with Gasteiger partial charge in [0.1, 0.15) is 0 Å². The van der Waals surface area contributed by atoms with Crippen LogP contribution in [0.3, 0.4) is 0 Å². The molecule has 4 rings (SSSR count). The van der Waals surface area contributed by atoms with Crippen molar-refractivity contribution in [2.75, 3.05) is 0 Å². The summed E-state index contributed by atoms with van der Waals surface area (Å²) in [6.07, 6.45) is 16.8. The van der Waals surface area contributed by atoms with Crippen molar-refractivity contribution < 1.29 is 9.90 Å². The Morgan fingerprint density at radius 1 is 1.21 bits per heavy atom. The molecule has 0 bridgehead atoms. The Morgan fingerprint density at radius 2 is 1.92 bits per heavy atom. The fourth-order valence-corrected chi connectivity index (χ4v) is 6.34. The van der Waals surface area contributed by atoms with Gasteiger partial charge in [0.15, 0.2) is 0 Å². The van der Waals surface area contributed by atoms with Gasteiger partial charge >= 0.3 is 0 Å². The largest absolute Gasteiger partial charge is 0.481 e. The fourth-order valence-electron chi connectivity index (χ4n) is 6.34. The number of nitrogens with two attached hydrogens (primary N) is 1. The molecule has 0 unspecified atom stereocenters. The van der Waals surface area contributed by atoms with E-state index in [9.17, 15) is 0 Å². The summed E-state index contributed by atoms with van der Waals surface area (Å²) in [6, 6.07) is 0.456. The summed E-state index contributed by atoms with van der Waals surface area (Å²) in [7, 11) is 0. The van der Waals surface area contributed by atoms with Crippen LogP contribution >= 0.6 is 0 Å². The van der Waals surface area contributed by atoms with E-state index in [1.54, 1.807) is 5.57 Å². The lowest BCUT2D eigenvalue weighted by molar-refractivity contribution is -0.134. The minimum absolute atomic E-state index is 0.438. The van der Waals surface area contributed by atoms with Gasteiger partial charge in [-0.3, -0.25) is 4.79 Å². The van der Waals surface area contributed by atoms with Crippen LogP contribution in [0, 0.1) is 28.6 Å². The number of fused-ring (bicyclic) bond motifs is 5. The van der Waals surface area contributed by atoms with E-state index in [1.165, 1.54) is 44.9 Å². The molecule has 0 amide bonds. The molecule has 0 radical (unpaired) electrons. The molecule has 24 heavy (non-hydrogen) atoms. The Labute approximate surface area is 146 Å². The number of hydrogen-bond donors (Lipinski definition) is 2. The Morgan fingerprint density at radius 3 is 2.62 bits per heavy atom. The summed E-state index contributed by atoms with van der Waals surface area (Å²) in [5.41, 5.74) is 9.03. The van der Waals surface area contributed by atoms with Crippen molar-refractivity contribution in [2.45, 2.75) is 71.8 Å². The third-order valence-corrected chi connectivity index (χ3v) is 7.73. The highest BCUT2D eigenvalue weighted by Crippen LogP contribution is 2.63. The lowest BCUT2D eigenvalue weighted by Gasteiger charge is -2.56. The highest BCUT2D eigenvalue weighted by molar-refractivity contribution is 5.62. The summed E-state index contributed by atoms with van der Waals surface area (Å²) in [4.78, 5) is 9.00. The van der Waals surface area contributed by atoms with Gasteiger partial charge < -0.3 is 10.8 Å². The Kier molecular flexibility index (Phi) is 4.67. The van der Waals surface area contributed by atoms with Gasteiger partial charge in [0, 0.05) is 13.0 Å². The van der Waals surface area contributed by atoms with Crippen LogP contribution in [0.15, 0.2) is 23.8 Å². The molecule has 134 valence electrons. The van der Waals surface area contributed by atoms with E-state index < -0.39 is 5.97 Å². The second-order valence-electron chi connectivity index (χ2n) is 8.88. The average molecular weight is 332 g/mol. The maximum atomic E-state index is 9.00. The predicted octanol–water partition coefficient (Wildman–Crippen LogP) is 4.53. The Balaban J connectivity index is 0.000000383. The van der Waals surface area contributed by atoms with E-state index >= 15 is 0 Å². The van der Waals surface area contributed by atoms with Crippen molar-refractivity contribution in [2.24, 2.45) is 34.3 Å². The lowest BCUT2D eigenvalue weighted by Crippen LogP contribution is -2.51. The standard InChI is InChI=1S/C19H29N.C2H4O2/c1-18-11-4-3-5-13(18)6-7-14-15-8-9-17(20)19(15,2)12-10-16(14)18;1-2(3)4/h3,5-6,14-17H,4,7-12,20H2,1-2H3;1H3,(H,3,4)/t14-,15-,16-,17-,18-,19-;/m0./s1. The summed E-state index contributed by atoms with van der Waals surface area (Å²) in [6.45, 7) is 6.13. The van der Waals surface area contributed by atoms with Crippen LogP contribution in [0.1, 0.15) is 65.7 Å². The van der Waals surface area contributed by atoms with Crippen molar-refractivity contribution in [3.8, 4) is 0 Å². The molecule has 0 spiro atoms. The first-order valence-electron chi connectivity index (χ1n) is 9.61. The number of carboxylic acid groups (broad SMARTS) is 1. The summed E-state index contributed by atoms with van der Waals surface area (Å²) in [5.74, 6) is 1.87. The molecule has 2 fully saturated rings. The highest BCUT2D eigenvalue weighted by Gasteiger charge is 2.57. The molecular formula is C21H33NO2. The van der Waals surface area contributed by atoms with E-state index in [2.05, 4.69) is 32.1 Å². The fraction of sp³-hybridized carbons (Fsp3) is 0.762. The molecule has 3 N–H and O–H groups in total. The normalized spacial score (nSPS) is 45.9.